The van der Waals surface area contributed by atoms with Gasteiger partial charge in [0.25, 0.3) is 0 Å². The van der Waals surface area contributed by atoms with Crippen LogP contribution < -0.4 is 4.90 Å². The molecular formula is C31H41N3O4S. The van der Waals surface area contributed by atoms with E-state index >= 15 is 0 Å². The molecule has 1 spiro atoms. The molecule has 7 nitrogen and oxygen atoms in total. The van der Waals surface area contributed by atoms with Crippen molar-refractivity contribution in [2.24, 2.45) is 17.8 Å². The number of hydrogen-bond donors (Lipinski definition) is 1. The van der Waals surface area contributed by atoms with Crippen LogP contribution in [-0.2, 0) is 14.4 Å². The number of rotatable bonds is 8. The van der Waals surface area contributed by atoms with E-state index in [0.717, 1.165) is 24.9 Å². The van der Waals surface area contributed by atoms with Gasteiger partial charge in [-0.2, -0.15) is 0 Å². The van der Waals surface area contributed by atoms with E-state index < -0.39 is 33.4 Å². The number of carbonyl (C=O) groups is 3. The van der Waals surface area contributed by atoms with Gasteiger partial charge in [0.2, 0.25) is 17.7 Å². The highest BCUT2D eigenvalue weighted by Gasteiger charge is 2.74. The number of benzene rings is 1. The van der Waals surface area contributed by atoms with E-state index in [0.29, 0.717) is 19.6 Å². The largest absolute Gasteiger partial charge is 0.394 e. The molecule has 210 valence electrons. The third-order valence-electron chi connectivity index (χ3n) is 9.27. The highest BCUT2D eigenvalue weighted by atomic mass is 32.2. The van der Waals surface area contributed by atoms with E-state index in [2.05, 4.69) is 19.1 Å². The molecule has 39 heavy (non-hydrogen) atoms. The number of unbranched alkanes of at least 4 members (excludes halogenated alkanes) is 1. The van der Waals surface area contributed by atoms with Crippen LogP contribution in [0.4, 0.5) is 5.69 Å². The van der Waals surface area contributed by atoms with Crippen molar-refractivity contribution < 1.29 is 19.5 Å². The van der Waals surface area contributed by atoms with Crippen LogP contribution in [0.3, 0.4) is 0 Å². The standard InChI is InChI=1S/C31H41N3O4S/c1-5-7-17-32-18-12-16-31-25(28(37)34(26(31)29(32)38)23(20-35)21(3)6-2)24-27(36)33(22-13-9-8-10-14-22)19-11-15-30(24,4)39-31/h8-16,21,23-26,35H,5-7,17-20H2,1-4H3/t21-,23-,24+,25-,26?,30-,31-/m0/s1. The smallest absolute Gasteiger partial charge is 0.247 e. The predicted octanol–water partition coefficient (Wildman–Crippen LogP) is 3.88. The van der Waals surface area contributed by atoms with E-state index in [1.807, 2.05) is 68.2 Å². The van der Waals surface area contributed by atoms with Gasteiger partial charge in [-0.1, -0.05) is 76.1 Å². The Labute approximate surface area is 236 Å². The van der Waals surface area contributed by atoms with Crippen LogP contribution in [0, 0.1) is 17.8 Å². The van der Waals surface area contributed by atoms with Crippen LogP contribution >= 0.6 is 11.8 Å². The van der Waals surface area contributed by atoms with E-state index in [9.17, 15) is 19.5 Å². The second kappa shape index (κ2) is 10.8. The summed E-state index contributed by atoms with van der Waals surface area (Å²) >= 11 is 1.60. The fraction of sp³-hybridized carbons (Fsp3) is 0.581. The lowest BCUT2D eigenvalue weighted by Gasteiger charge is -2.41. The Balaban J connectivity index is 1.65. The zero-order valence-corrected chi connectivity index (χ0v) is 24.3. The van der Waals surface area contributed by atoms with Crippen molar-refractivity contribution in [3.05, 3.63) is 54.6 Å². The van der Waals surface area contributed by atoms with Crippen molar-refractivity contribution in [2.45, 2.75) is 68.5 Å². The molecule has 4 aliphatic rings. The minimum atomic E-state index is -0.894. The number of aliphatic hydroxyl groups excluding tert-OH is 1. The summed E-state index contributed by atoms with van der Waals surface area (Å²) in [5.41, 5.74) is 0.798. The molecule has 0 radical (unpaired) electrons. The normalized spacial score (nSPS) is 33.5. The predicted molar refractivity (Wildman–Crippen MR) is 155 cm³/mol. The average molecular weight is 552 g/mol. The lowest BCUT2D eigenvalue weighted by molar-refractivity contribution is -0.147. The number of anilines is 1. The van der Waals surface area contributed by atoms with E-state index in [4.69, 9.17) is 0 Å². The summed E-state index contributed by atoms with van der Waals surface area (Å²) < 4.78 is -1.55. The number of nitrogens with zero attached hydrogens (tertiary/aromatic N) is 3. The Morgan fingerprint density at radius 1 is 1.00 bits per heavy atom. The number of hydrogen-bond acceptors (Lipinski definition) is 5. The molecular weight excluding hydrogens is 510 g/mol. The van der Waals surface area contributed by atoms with Gasteiger partial charge in [-0.25, -0.2) is 0 Å². The number of fused-ring (bicyclic) bond motifs is 2. The topological polar surface area (TPSA) is 81.2 Å². The molecule has 3 amide bonds. The van der Waals surface area contributed by atoms with Gasteiger partial charge < -0.3 is 19.8 Å². The monoisotopic (exact) mass is 551 g/mol. The van der Waals surface area contributed by atoms with Gasteiger partial charge in [-0.3, -0.25) is 14.4 Å². The molecule has 4 heterocycles. The van der Waals surface area contributed by atoms with Crippen LogP contribution in [0.15, 0.2) is 54.6 Å². The minimum Gasteiger partial charge on any atom is -0.394 e. The first-order chi connectivity index (χ1) is 18.7. The Morgan fingerprint density at radius 3 is 2.38 bits per heavy atom. The molecule has 0 saturated carbocycles. The fourth-order valence-corrected chi connectivity index (χ4v) is 9.21. The van der Waals surface area contributed by atoms with E-state index in [1.165, 1.54) is 0 Å². The zero-order valence-electron chi connectivity index (χ0n) is 23.5. The second-order valence-electron chi connectivity index (χ2n) is 11.6. The van der Waals surface area contributed by atoms with Crippen molar-refractivity contribution in [1.29, 1.82) is 0 Å². The highest BCUT2D eigenvalue weighted by molar-refractivity contribution is 8.02. The molecule has 7 atom stereocenters. The molecule has 1 N–H and O–H groups in total. The Hall–Kier alpha value is -2.58. The first-order valence-electron chi connectivity index (χ1n) is 14.4. The number of carbonyl (C=O) groups excluding carboxylic acids is 3. The van der Waals surface area contributed by atoms with Gasteiger partial charge in [-0.15, -0.1) is 11.8 Å². The average Bonchev–Trinajstić information content (AvgIpc) is 3.20. The van der Waals surface area contributed by atoms with Crippen LogP contribution in [0.25, 0.3) is 0 Å². The lowest BCUT2D eigenvalue weighted by Crippen LogP contribution is -2.58. The maximum absolute atomic E-state index is 14.6. The second-order valence-corrected chi connectivity index (χ2v) is 13.4. The molecule has 1 aromatic rings. The molecule has 2 saturated heterocycles. The van der Waals surface area contributed by atoms with Crippen LogP contribution in [-0.4, -0.2) is 80.4 Å². The van der Waals surface area contributed by atoms with Crippen molar-refractivity contribution in [3.63, 3.8) is 0 Å². The summed E-state index contributed by atoms with van der Waals surface area (Å²) in [7, 11) is 0. The molecule has 0 bridgehead atoms. The quantitative estimate of drug-likeness (QED) is 0.496. The Kier molecular flexibility index (Phi) is 7.72. The third kappa shape index (κ3) is 4.34. The zero-order chi connectivity index (χ0) is 27.9. The van der Waals surface area contributed by atoms with Crippen molar-refractivity contribution >= 4 is 35.2 Å². The van der Waals surface area contributed by atoms with Crippen molar-refractivity contribution in [1.82, 2.24) is 9.80 Å². The molecule has 4 aliphatic heterocycles. The summed E-state index contributed by atoms with van der Waals surface area (Å²) in [6.07, 6.45) is 10.8. The van der Waals surface area contributed by atoms with Crippen molar-refractivity contribution in [3.8, 4) is 0 Å². The SMILES string of the molecule is CCCCN1CC=C[C@]23S[C@@]4(C)C=CCN(c5ccccc5)C(=O)[C@H]4[C@H]2C(=O)N([C@@H](CO)[C@@H](C)CC)C3C1=O. The number of likely N-dealkylation sites (tertiary alicyclic amines) is 1. The molecule has 1 unspecified atom stereocenters. The first kappa shape index (κ1) is 28.0. The van der Waals surface area contributed by atoms with E-state index in [1.54, 1.807) is 21.6 Å². The fourth-order valence-electron chi connectivity index (χ4n) is 7.07. The van der Waals surface area contributed by atoms with Gasteiger partial charge in [0.15, 0.2) is 0 Å². The number of aliphatic hydroxyl groups is 1. The molecule has 8 heteroatoms. The maximum Gasteiger partial charge on any atom is 0.247 e. The molecule has 1 aromatic carbocycles. The van der Waals surface area contributed by atoms with Crippen LogP contribution in [0.5, 0.6) is 0 Å². The van der Waals surface area contributed by atoms with Gasteiger partial charge in [0.05, 0.1) is 29.2 Å². The highest BCUT2D eigenvalue weighted by Crippen LogP contribution is 2.66. The molecule has 0 aromatic heterocycles. The number of para-hydroxylation sites is 1. The molecule has 2 fully saturated rings. The Bertz CT molecular complexity index is 1170. The van der Waals surface area contributed by atoms with Gasteiger partial charge >= 0.3 is 0 Å². The van der Waals surface area contributed by atoms with Gasteiger partial charge in [-0.05, 0) is 31.4 Å². The molecule has 0 aliphatic carbocycles. The van der Waals surface area contributed by atoms with Gasteiger partial charge in [0.1, 0.15) is 6.04 Å². The Morgan fingerprint density at radius 2 is 1.72 bits per heavy atom. The summed E-state index contributed by atoms with van der Waals surface area (Å²) in [4.78, 5) is 48.8. The minimum absolute atomic E-state index is 0.000817. The summed E-state index contributed by atoms with van der Waals surface area (Å²) in [6.45, 7) is 9.53. The summed E-state index contributed by atoms with van der Waals surface area (Å²) in [5, 5.41) is 10.6. The summed E-state index contributed by atoms with van der Waals surface area (Å²) in [6, 6.07) is 8.33. The first-order valence-corrected chi connectivity index (χ1v) is 15.2. The third-order valence-corrected chi connectivity index (χ3v) is 11.1. The van der Waals surface area contributed by atoms with Gasteiger partial charge in [0, 0.05) is 30.1 Å². The van der Waals surface area contributed by atoms with Crippen molar-refractivity contribution in [2.75, 3.05) is 31.1 Å². The lowest BCUT2D eigenvalue weighted by atomic mass is 9.74. The maximum atomic E-state index is 14.6. The number of amides is 3. The summed E-state index contributed by atoms with van der Waals surface area (Å²) in [5.74, 6) is -1.70. The van der Waals surface area contributed by atoms with Crippen LogP contribution in [0.2, 0.25) is 0 Å². The van der Waals surface area contributed by atoms with E-state index in [-0.39, 0.29) is 30.2 Å². The number of thioether (sulfide) groups is 1. The molecule has 5 rings (SSSR count). The van der Waals surface area contributed by atoms with Crippen LogP contribution in [0.1, 0.15) is 47.0 Å².